The molecule has 0 fully saturated rings. The number of fused-ring (bicyclic) bond motifs is 1. The van der Waals surface area contributed by atoms with Crippen LogP contribution in [0.3, 0.4) is 0 Å². The van der Waals surface area contributed by atoms with Gasteiger partial charge in [0.15, 0.2) is 11.5 Å². The molecule has 0 radical (unpaired) electrons. The SMILES string of the molecule is COc1ccc(S(=O)(=O)NCC2COc3ccccc3O2)cc1. The van der Waals surface area contributed by atoms with Gasteiger partial charge in [0, 0.05) is 0 Å². The lowest BCUT2D eigenvalue weighted by Crippen LogP contribution is -2.40. The predicted molar refractivity (Wildman–Crippen MR) is 84.5 cm³/mol. The lowest BCUT2D eigenvalue weighted by molar-refractivity contribution is 0.0943. The van der Waals surface area contributed by atoms with Crippen LogP contribution in [0.5, 0.6) is 17.2 Å². The molecule has 0 aliphatic carbocycles. The molecule has 1 atom stereocenters. The molecular weight excluding hydrogens is 318 g/mol. The van der Waals surface area contributed by atoms with Crippen LogP contribution in [0, 0.1) is 0 Å². The first kappa shape index (κ1) is 15.6. The summed E-state index contributed by atoms with van der Waals surface area (Å²) in [6.07, 6.45) is -0.377. The van der Waals surface area contributed by atoms with Gasteiger partial charge in [-0.2, -0.15) is 0 Å². The fourth-order valence-electron chi connectivity index (χ4n) is 2.20. The van der Waals surface area contributed by atoms with Crippen molar-refractivity contribution in [1.82, 2.24) is 4.72 Å². The van der Waals surface area contributed by atoms with Crippen molar-refractivity contribution < 1.29 is 22.6 Å². The summed E-state index contributed by atoms with van der Waals surface area (Å²) in [5, 5.41) is 0. The van der Waals surface area contributed by atoms with Crippen LogP contribution < -0.4 is 18.9 Å². The average molecular weight is 335 g/mol. The van der Waals surface area contributed by atoms with E-state index in [0.717, 1.165) is 0 Å². The third kappa shape index (κ3) is 3.57. The number of methoxy groups -OCH3 is 1. The largest absolute Gasteiger partial charge is 0.497 e. The highest BCUT2D eigenvalue weighted by Gasteiger charge is 2.23. The predicted octanol–water partition coefficient (Wildman–Crippen LogP) is 1.81. The highest BCUT2D eigenvalue weighted by Crippen LogP contribution is 2.30. The van der Waals surface area contributed by atoms with E-state index in [1.807, 2.05) is 18.2 Å². The van der Waals surface area contributed by atoms with Crippen molar-refractivity contribution >= 4 is 10.0 Å². The molecule has 0 amide bonds. The minimum atomic E-state index is -3.60. The minimum absolute atomic E-state index is 0.128. The Labute approximate surface area is 135 Å². The van der Waals surface area contributed by atoms with E-state index in [-0.39, 0.29) is 17.5 Å². The number of hydrogen-bond donors (Lipinski definition) is 1. The van der Waals surface area contributed by atoms with E-state index in [1.165, 1.54) is 19.2 Å². The Kier molecular flexibility index (Phi) is 4.40. The molecule has 0 saturated heterocycles. The molecule has 2 aromatic rings. The van der Waals surface area contributed by atoms with E-state index < -0.39 is 10.0 Å². The summed E-state index contributed by atoms with van der Waals surface area (Å²) in [5.74, 6) is 1.89. The van der Waals surface area contributed by atoms with Gasteiger partial charge >= 0.3 is 0 Å². The van der Waals surface area contributed by atoms with Gasteiger partial charge in [-0.25, -0.2) is 13.1 Å². The Morgan fingerprint density at radius 2 is 1.83 bits per heavy atom. The van der Waals surface area contributed by atoms with E-state index in [2.05, 4.69) is 4.72 Å². The first-order valence-corrected chi connectivity index (χ1v) is 8.59. The molecule has 1 unspecified atom stereocenters. The second kappa shape index (κ2) is 6.47. The fourth-order valence-corrected chi connectivity index (χ4v) is 3.27. The first-order valence-electron chi connectivity index (χ1n) is 7.11. The van der Waals surface area contributed by atoms with E-state index in [9.17, 15) is 8.42 Å². The van der Waals surface area contributed by atoms with Crippen molar-refractivity contribution in [2.75, 3.05) is 20.3 Å². The van der Waals surface area contributed by atoms with Crippen LogP contribution in [0.1, 0.15) is 0 Å². The van der Waals surface area contributed by atoms with Gasteiger partial charge in [-0.3, -0.25) is 0 Å². The first-order chi connectivity index (χ1) is 11.1. The molecule has 1 N–H and O–H groups in total. The summed E-state index contributed by atoms with van der Waals surface area (Å²) in [5.41, 5.74) is 0. The topological polar surface area (TPSA) is 73.9 Å². The third-order valence-electron chi connectivity index (χ3n) is 3.44. The van der Waals surface area contributed by atoms with Crippen LogP contribution in [0.2, 0.25) is 0 Å². The van der Waals surface area contributed by atoms with Gasteiger partial charge in [0.25, 0.3) is 0 Å². The molecule has 1 aliphatic heterocycles. The number of para-hydroxylation sites is 2. The smallest absolute Gasteiger partial charge is 0.240 e. The van der Waals surface area contributed by atoms with Crippen molar-refractivity contribution in [2.24, 2.45) is 0 Å². The molecule has 1 aliphatic rings. The van der Waals surface area contributed by atoms with Crippen LogP contribution in [-0.2, 0) is 10.0 Å². The molecule has 0 saturated carbocycles. The number of rotatable bonds is 5. The zero-order chi connectivity index (χ0) is 16.3. The lowest BCUT2D eigenvalue weighted by atomic mass is 10.2. The Hall–Kier alpha value is -2.25. The van der Waals surface area contributed by atoms with E-state index in [4.69, 9.17) is 14.2 Å². The standard InChI is InChI=1S/C16H17NO5S/c1-20-12-6-8-14(9-7-12)23(18,19)17-10-13-11-21-15-4-2-3-5-16(15)22-13/h2-9,13,17H,10-11H2,1H3. The lowest BCUT2D eigenvalue weighted by Gasteiger charge is -2.26. The molecule has 2 aromatic carbocycles. The quantitative estimate of drug-likeness (QED) is 0.902. The van der Waals surface area contributed by atoms with Crippen LogP contribution >= 0.6 is 0 Å². The monoisotopic (exact) mass is 335 g/mol. The zero-order valence-electron chi connectivity index (χ0n) is 12.6. The van der Waals surface area contributed by atoms with Gasteiger partial charge in [-0.05, 0) is 36.4 Å². The van der Waals surface area contributed by atoms with Gasteiger partial charge in [0.05, 0.1) is 18.6 Å². The van der Waals surface area contributed by atoms with Crippen LogP contribution in [0.15, 0.2) is 53.4 Å². The van der Waals surface area contributed by atoms with E-state index in [1.54, 1.807) is 18.2 Å². The second-order valence-corrected chi connectivity index (χ2v) is 6.79. The summed E-state index contributed by atoms with van der Waals surface area (Å²) in [6.45, 7) is 0.421. The molecule has 0 spiro atoms. The van der Waals surface area contributed by atoms with Crippen LogP contribution in [-0.4, -0.2) is 34.8 Å². The van der Waals surface area contributed by atoms with Gasteiger partial charge in [-0.15, -0.1) is 0 Å². The summed E-state index contributed by atoms with van der Waals surface area (Å²) in [6, 6.07) is 13.5. The van der Waals surface area contributed by atoms with Crippen molar-refractivity contribution in [3.8, 4) is 17.2 Å². The highest BCUT2D eigenvalue weighted by atomic mass is 32.2. The van der Waals surface area contributed by atoms with Gasteiger partial charge in [-0.1, -0.05) is 12.1 Å². The molecule has 122 valence electrons. The van der Waals surface area contributed by atoms with Crippen LogP contribution in [0.4, 0.5) is 0 Å². The van der Waals surface area contributed by atoms with Gasteiger partial charge in [0.1, 0.15) is 18.5 Å². The normalized spacial score (nSPS) is 16.8. The third-order valence-corrected chi connectivity index (χ3v) is 4.88. The Balaban J connectivity index is 1.63. The van der Waals surface area contributed by atoms with Crippen molar-refractivity contribution in [1.29, 1.82) is 0 Å². The van der Waals surface area contributed by atoms with Crippen LogP contribution in [0.25, 0.3) is 0 Å². The maximum Gasteiger partial charge on any atom is 0.240 e. The minimum Gasteiger partial charge on any atom is -0.497 e. The number of ether oxygens (including phenoxy) is 3. The summed E-state index contributed by atoms with van der Waals surface area (Å²) in [7, 11) is -2.08. The molecule has 6 nitrogen and oxygen atoms in total. The van der Waals surface area contributed by atoms with Gasteiger partial charge < -0.3 is 14.2 Å². The summed E-state index contributed by atoms with van der Waals surface area (Å²) >= 11 is 0. The molecule has 1 heterocycles. The zero-order valence-corrected chi connectivity index (χ0v) is 13.4. The van der Waals surface area contributed by atoms with Crippen molar-refractivity contribution in [3.05, 3.63) is 48.5 Å². The maximum atomic E-state index is 12.3. The number of nitrogens with one attached hydrogen (secondary N) is 1. The van der Waals surface area contributed by atoms with Gasteiger partial charge in [0.2, 0.25) is 10.0 Å². The molecule has 7 heteroatoms. The van der Waals surface area contributed by atoms with Crippen molar-refractivity contribution in [3.63, 3.8) is 0 Å². The fraction of sp³-hybridized carbons (Fsp3) is 0.250. The average Bonchev–Trinajstić information content (AvgIpc) is 2.60. The number of hydrogen-bond acceptors (Lipinski definition) is 5. The van der Waals surface area contributed by atoms with E-state index in [0.29, 0.717) is 23.9 Å². The molecular formula is C16H17NO5S. The van der Waals surface area contributed by atoms with E-state index >= 15 is 0 Å². The molecule has 0 aromatic heterocycles. The maximum absolute atomic E-state index is 12.3. The number of sulfonamides is 1. The molecule has 23 heavy (non-hydrogen) atoms. The van der Waals surface area contributed by atoms with Crippen molar-refractivity contribution in [2.45, 2.75) is 11.0 Å². The summed E-state index contributed by atoms with van der Waals surface area (Å²) in [4.78, 5) is 0.176. The second-order valence-electron chi connectivity index (χ2n) is 5.03. The highest BCUT2D eigenvalue weighted by molar-refractivity contribution is 7.89. The Morgan fingerprint density at radius 3 is 2.52 bits per heavy atom. The molecule has 3 rings (SSSR count). The Bertz CT molecular complexity index is 773. The summed E-state index contributed by atoms with van der Waals surface area (Å²) < 4.78 is 43.4. The molecule has 0 bridgehead atoms. The Morgan fingerprint density at radius 1 is 1.13 bits per heavy atom. The number of benzene rings is 2.